The standard InChI is InChI=1S/C14H21N3O2S2/c1-3-4-10-21(18,19)15-7-8-17-12(2)11-13(16-17)14-6-5-9-20-14/h5-6,9,11,15H,3-4,7-8,10H2,1-2H3. The summed E-state index contributed by atoms with van der Waals surface area (Å²) in [5.74, 6) is 0.196. The molecule has 1 N–H and O–H groups in total. The SMILES string of the molecule is CCCCS(=O)(=O)NCCn1nc(-c2cccs2)cc1C. The lowest BCUT2D eigenvalue weighted by molar-refractivity contribution is 0.554. The van der Waals surface area contributed by atoms with Gasteiger partial charge in [0.15, 0.2) is 0 Å². The Bertz CT molecular complexity index is 660. The molecule has 116 valence electrons. The van der Waals surface area contributed by atoms with Crippen molar-refractivity contribution < 1.29 is 8.42 Å². The summed E-state index contributed by atoms with van der Waals surface area (Å²) in [4.78, 5) is 1.13. The molecule has 2 rings (SSSR count). The van der Waals surface area contributed by atoms with Crippen LogP contribution in [0.3, 0.4) is 0 Å². The number of hydrogen-bond acceptors (Lipinski definition) is 4. The van der Waals surface area contributed by atoms with E-state index in [1.165, 1.54) is 0 Å². The molecule has 0 amide bonds. The Labute approximate surface area is 130 Å². The van der Waals surface area contributed by atoms with E-state index in [-0.39, 0.29) is 5.75 Å². The van der Waals surface area contributed by atoms with Crippen LogP contribution in [0.25, 0.3) is 10.6 Å². The van der Waals surface area contributed by atoms with E-state index in [0.717, 1.165) is 22.7 Å². The zero-order valence-electron chi connectivity index (χ0n) is 12.4. The van der Waals surface area contributed by atoms with Crippen molar-refractivity contribution in [2.45, 2.75) is 33.2 Å². The fourth-order valence-corrected chi connectivity index (χ4v) is 3.89. The Kier molecular flexibility index (Phi) is 5.55. The van der Waals surface area contributed by atoms with Crippen LogP contribution in [0.2, 0.25) is 0 Å². The number of thiophene rings is 1. The fraction of sp³-hybridized carbons (Fsp3) is 0.500. The van der Waals surface area contributed by atoms with Crippen molar-refractivity contribution in [3.05, 3.63) is 29.3 Å². The largest absolute Gasteiger partial charge is 0.268 e. The molecule has 2 aromatic heterocycles. The number of rotatable bonds is 8. The summed E-state index contributed by atoms with van der Waals surface area (Å²) in [5, 5.41) is 6.55. The van der Waals surface area contributed by atoms with Gasteiger partial charge < -0.3 is 0 Å². The molecule has 0 radical (unpaired) electrons. The van der Waals surface area contributed by atoms with Gasteiger partial charge in [0, 0.05) is 12.2 Å². The van der Waals surface area contributed by atoms with Gasteiger partial charge in [-0.3, -0.25) is 4.68 Å². The lowest BCUT2D eigenvalue weighted by Gasteiger charge is -2.07. The number of aromatic nitrogens is 2. The number of nitrogens with one attached hydrogen (secondary N) is 1. The van der Waals surface area contributed by atoms with Gasteiger partial charge in [-0.15, -0.1) is 11.3 Å². The van der Waals surface area contributed by atoms with Crippen molar-refractivity contribution in [3.63, 3.8) is 0 Å². The van der Waals surface area contributed by atoms with Crippen LogP contribution < -0.4 is 4.72 Å². The molecule has 0 bridgehead atoms. The minimum Gasteiger partial charge on any atom is -0.268 e. The second-order valence-electron chi connectivity index (χ2n) is 4.94. The smallest absolute Gasteiger partial charge is 0.211 e. The van der Waals surface area contributed by atoms with Crippen LogP contribution in [0.4, 0.5) is 0 Å². The van der Waals surface area contributed by atoms with Gasteiger partial charge in [-0.2, -0.15) is 5.10 Å². The molecule has 2 aromatic rings. The first-order valence-corrected chi connectivity index (χ1v) is 9.60. The van der Waals surface area contributed by atoms with Crippen LogP contribution in [0.15, 0.2) is 23.6 Å². The highest BCUT2D eigenvalue weighted by molar-refractivity contribution is 7.89. The first kappa shape index (κ1) is 16.2. The first-order valence-electron chi connectivity index (χ1n) is 7.07. The van der Waals surface area contributed by atoms with Gasteiger partial charge in [0.1, 0.15) is 5.69 Å². The average molecular weight is 327 g/mol. The molecule has 0 aliphatic carbocycles. The number of unbranched alkanes of at least 4 members (excludes halogenated alkanes) is 1. The zero-order valence-corrected chi connectivity index (χ0v) is 14.0. The van der Waals surface area contributed by atoms with Crippen molar-refractivity contribution in [2.75, 3.05) is 12.3 Å². The topological polar surface area (TPSA) is 64.0 Å². The number of sulfonamides is 1. The summed E-state index contributed by atoms with van der Waals surface area (Å²) >= 11 is 1.65. The summed E-state index contributed by atoms with van der Waals surface area (Å²) in [5.41, 5.74) is 1.97. The van der Waals surface area contributed by atoms with Crippen LogP contribution in [-0.4, -0.2) is 30.5 Å². The molecule has 7 heteroatoms. The van der Waals surface area contributed by atoms with Crippen molar-refractivity contribution in [2.24, 2.45) is 0 Å². The Balaban J connectivity index is 1.92. The second-order valence-corrected chi connectivity index (χ2v) is 7.81. The van der Waals surface area contributed by atoms with Crippen molar-refractivity contribution in [3.8, 4) is 10.6 Å². The third kappa shape index (κ3) is 4.66. The Morgan fingerprint density at radius 2 is 2.24 bits per heavy atom. The molecule has 0 aliphatic rings. The molecule has 0 unspecified atom stereocenters. The number of aryl methyl sites for hydroxylation is 1. The van der Waals surface area contributed by atoms with Gasteiger partial charge in [0.25, 0.3) is 0 Å². The third-order valence-electron chi connectivity index (χ3n) is 3.17. The van der Waals surface area contributed by atoms with Crippen LogP contribution in [0.5, 0.6) is 0 Å². The molecule has 0 fully saturated rings. The number of nitrogens with zero attached hydrogens (tertiary/aromatic N) is 2. The van der Waals surface area contributed by atoms with Gasteiger partial charge in [-0.1, -0.05) is 19.4 Å². The monoisotopic (exact) mass is 327 g/mol. The van der Waals surface area contributed by atoms with Crippen LogP contribution in [0.1, 0.15) is 25.5 Å². The Morgan fingerprint density at radius 3 is 2.90 bits per heavy atom. The average Bonchev–Trinajstić information content (AvgIpc) is 3.06. The normalized spacial score (nSPS) is 11.9. The predicted octanol–water partition coefficient (Wildman–Crippen LogP) is 2.64. The van der Waals surface area contributed by atoms with E-state index in [4.69, 9.17) is 0 Å². The minimum absolute atomic E-state index is 0.196. The molecule has 0 saturated carbocycles. The first-order chi connectivity index (χ1) is 10.0. The van der Waals surface area contributed by atoms with Crippen LogP contribution in [-0.2, 0) is 16.6 Å². The van der Waals surface area contributed by atoms with Crippen LogP contribution >= 0.6 is 11.3 Å². The molecule has 0 atom stereocenters. The summed E-state index contributed by atoms with van der Waals surface area (Å²) in [7, 11) is -3.15. The van der Waals surface area contributed by atoms with E-state index < -0.39 is 10.0 Å². The van der Waals surface area contributed by atoms with E-state index in [2.05, 4.69) is 9.82 Å². The second kappa shape index (κ2) is 7.20. The Hall–Kier alpha value is -1.18. The van der Waals surface area contributed by atoms with Crippen molar-refractivity contribution in [1.82, 2.24) is 14.5 Å². The minimum atomic E-state index is -3.15. The van der Waals surface area contributed by atoms with E-state index in [0.29, 0.717) is 19.5 Å². The molecule has 0 spiro atoms. The summed E-state index contributed by atoms with van der Waals surface area (Å²) in [6.45, 7) is 4.88. The van der Waals surface area contributed by atoms with Gasteiger partial charge in [0.05, 0.1) is 17.2 Å². The highest BCUT2D eigenvalue weighted by Gasteiger charge is 2.10. The van der Waals surface area contributed by atoms with E-state index >= 15 is 0 Å². The van der Waals surface area contributed by atoms with Gasteiger partial charge in [0.2, 0.25) is 10.0 Å². The molecule has 2 heterocycles. The van der Waals surface area contributed by atoms with Crippen LogP contribution in [0, 0.1) is 6.92 Å². The highest BCUT2D eigenvalue weighted by Crippen LogP contribution is 2.23. The van der Waals surface area contributed by atoms with Gasteiger partial charge >= 0.3 is 0 Å². The molecular weight excluding hydrogens is 306 g/mol. The molecular formula is C14H21N3O2S2. The maximum absolute atomic E-state index is 11.7. The van der Waals surface area contributed by atoms with Gasteiger partial charge in [-0.05, 0) is 30.9 Å². The van der Waals surface area contributed by atoms with E-state index in [9.17, 15) is 8.42 Å². The van der Waals surface area contributed by atoms with Crippen molar-refractivity contribution >= 4 is 21.4 Å². The summed E-state index contributed by atoms with van der Waals surface area (Å²) < 4.78 is 27.9. The highest BCUT2D eigenvalue weighted by atomic mass is 32.2. The molecule has 5 nitrogen and oxygen atoms in total. The number of hydrogen-bond donors (Lipinski definition) is 1. The summed E-state index contributed by atoms with van der Waals surface area (Å²) in [6, 6.07) is 6.05. The quantitative estimate of drug-likeness (QED) is 0.810. The molecule has 0 saturated heterocycles. The van der Waals surface area contributed by atoms with E-state index in [1.807, 2.05) is 42.1 Å². The third-order valence-corrected chi connectivity index (χ3v) is 5.53. The predicted molar refractivity (Wildman–Crippen MR) is 87.0 cm³/mol. The molecule has 0 aromatic carbocycles. The Morgan fingerprint density at radius 1 is 1.43 bits per heavy atom. The summed E-state index contributed by atoms with van der Waals surface area (Å²) in [6.07, 6.45) is 1.57. The maximum Gasteiger partial charge on any atom is 0.211 e. The fourth-order valence-electron chi connectivity index (χ4n) is 1.99. The van der Waals surface area contributed by atoms with Gasteiger partial charge in [-0.25, -0.2) is 13.1 Å². The lowest BCUT2D eigenvalue weighted by atomic mass is 10.3. The lowest BCUT2D eigenvalue weighted by Crippen LogP contribution is -2.30. The molecule has 0 aliphatic heterocycles. The zero-order chi connectivity index (χ0) is 15.3. The van der Waals surface area contributed by atoms with Crippen molar-refractivity contribution in [1.29, 1.82) is 0 Å². The molecule has 21 heavy (non-hydrogen) atoms. The maximum atomic E-state index is 11.7. The van der Waals surface area contributed by atoms with E-state index in [1.54, 1.807) is 11.3 Å².